The average molecular weight is 560 g/mol. The number of hydrogen-bond donors (Lipinski definition) is 3. The standard InChI is InChI=1S/C30H30F5N3O2/c1-18(2)29(28(37)40,24(17-36)16-19-6-4-3-5-7-19)38-26(30(33,34)35)23-14-10-21(11-15-23)20-8-12-22(13-9-20)25(39)27(31)32/h3-15,18,24-27,38-39H,16H2,1-2H3,(H2,37,40)/t24-,25-,26+,29?/m1/s1. The number of hydrogen-bond acceptors (Lipinski definition) is 4. The van der Waals surface area contributed by atoms with Crippen molar-refractivity contribution in [2.24, 2.45) is 17.6 Å². The Hall–Kier alpha value is -3.81. The number of nitriles is 1. The molecular formula is C30H30F5N3O2. The van der Waals surface area contributed by atoms with Crippen LogP contribution in [0.15, 0.2) is 78.9 Å². The van der Waals surface area contributed by atoms with Gasteiger partial charge in [0.1, 0.15) is 17.7 Å². The van der Waals surface area contributed by atoms with Gasteiger partial charge in [0.25, 0.3) is 6.43 Å². The molecule has 0 radical (unpaired) electrons. The Kier molecular flexibility index (Phi) is 9.66. The molecule has 0 aliphatic heterocycles. The second-order valence-electron chi connectivity index (χ2n) is 9.90. The van der Waals surface area contributed by atoms with Gasteiger partial charge in [0, 0.05) is 0 Å². The van der Waals surface area contributed by atoms with Crippen LogP contribution in [0.4, 0.5) is 22.0 Å². The number of nitrogens with zero attached hydrogens (tertiary/aromatic N) is 1. The Bertz CT molecular complexity index is 1310. The van der Waals surface area contributed by atoms with Crippen molar-refractivity contribution in [3.05, 3.63) is 95.6 Å². The molecule has 10 heteroatoms. The minimum Gasteiger partial charge on any atom is -0.382 e. The normalized spacial score (nSPS) is 15.7. The Morgan fingerprint density at radius 1 is 0.925 bits per heavy atom. The molecule has 212 valence electrons. The number of amides is 1. The zero-order chi connectivity index (χ0) is 29.7. The summed E-state index contributed by atoms with van der Waals surface area (Å²) in [5.41, 5.74) is 5.23. The van der Waals surface area contributed by atoms with Crippen molar-refractivity contribution < 1.29 is 31.9 Å². The van der Waals surface area contributed by atoms with Gasteiger partial charge in [0.2, 0.25) is 5.91 Å². The van der Waals surface area contributed by atoms with Gasteiger partial charge in [-0.25, -0.2) is 8.78 Å². The first-order valence-corrected chi connectivity index (χ1v) is 12.6. The summed E-state index contributed by atoms with van der Waals surface area (Å²) in [6.07, 6.45) is -9.74. The summed E-state index contributed by atoms with van der Waals surface area (Å²) in [4.78, 5) is 12.9. The summed E-state index contributed by atoms with van der Waals surface area (Å²) >= 11 is 0. The van der Waals surface area contributed by atoms with E-state index in [9.17, 15) is 37.1 Å². The van der Waals surface area contributed by atoms with Gasteiger partial charge in [-0.05, 0) is 40.2 Å². The molecule has 4 N–H and O–H groups in total. The van der Waals surface area contributed by atoms with Crippen LogP contribution in [0.3, 0.4) is 0 Å². The lowest BCUT2D eigenvalue weighted by molar-refractivity contribution is -0.168. The highest BCUT2D eigenvalue weighted by Crippen LogP contribution is 2.39. The Morgan fingerprint density at radius 2 is 1.43 bits per heavy atom. The maximum absolute atomic E-state index is 14.5. The zero-order valence-electron chi connectivity index (χ0n) is 21.9. The molecule has 0 bridgehead atoms. The summed E-state index contributed by atoms with van der Waals surface area (Å²) in [6.45, 7) is 3.08. The van der Waals surface area contributed by atoms with Gasteiger partial charge in [-0.15, -0.1) is 0 Å². The first kappa shape index (κ1) is 30.7. The zero-order valence-corrected chi connectivity index (χ0v) is 21.9. The minimum atomic E-state index is -4.85. The van der Waals surface area contributed by atoms with Crippen molar-refractivity contribution in [3.8, 4) is 17.2 Å². The molecular weight excluding hydrogens is 529 g/mol. The third-order valence-electron chi connectivity index (χ3n) is 7.09. The van der Waals surface area contributed by atoms with Crippen LogP contribution in [0.1, 0.15) is 42.7 Å². The van der Waals surface area contributed by atoms with E-state index in [1.165, 1.54) is 62.4 Å². The molecule has 0 spiro atoms. The van der Waals surface area contributed by atoms with Gasteiger partial charge in [-0.3, -0.25) is 10.1 Å². The van der Waals surface area contributed by atoms with E-state index < -0.39 is 48.0 Å². The van der Waals surface area contributed by atoms with E-state index in [4.69, 9.17) is 5.73 Å². The molecule has 1 unspecified atom stereocenters. The fraction of sp³-hybridized carbons (Fsp3) is 0.333. The molecule has 0 fully saturated rings. The van der Waals surface area contributed by atoms with Crippen molar-refractivity contribution in [2.45, 2.75) is 50.6 Å². The van der Waals surface area contributed by atoms with Gasteiger partial charge in [-0.1, -0.05) is 92.7 Å². The molecule has 0 aliphatic carbocycles. The second kappa shape index (κ2) is 12.6. The maximum atomic E-state index is 14.5. The fourth-order valence-electron chi connectivity index (χ4n) is 4.83. The summed E-state index contributed by atoms with van der Waals surface area (Å²) in [5, 5.41) is 22.0. The summed E-state index contributed by atoms with van der Waals surface area (Å²) in [6, 6.07) is 19.3. The summed E-state index contributed by atoms with van der Waals surface area (Å²) in [5.74, 6) is -3.05. The van der Waals surface area contributed by atoms with E-state index in [0.717, 1.165) is 0 Å². The first-order chi connectivity index (χ1) is 18.8. The SMILES string of the molecule is CC(C)C(N[C@@H](c1ccc(-c2ccc([C@@H](O)C(F)F)cc2)cc1)C(F)(F)F)(C(N)=O)[C@@H](C#N)Cc1ccccc1. The first-order valence-electron chi connectivity index (χ1n) is 12.6. The van der Waals surface area contributed by atoms with Crippen molar-refractivity contribution in [3.63, 3.8) is 0 Å². The van der Waals surface area contributed by atoms with Crippen LogP contribution in [-0.4, -0.2) is 29.2 Å². The largest absolute Gasteiger partial charge is 0.407 e. The molecule has 3 rings (SSSR count). The highest BCUT2D eigenvalue weighted by molar-refractivity contribution is 5.86. The molecule has 1 amide bonds. The molecule has 0 saturated carbocycles. The van der Waals surface area contributed by atoms with E-state index in [1.54, 1.807) is 30.3 Å². The van der Waals surface area contributed by atoms with E-state index >= 15 is 0 Å². The Balaban J connectivity index is 1.98. The number of primary amides is 1. The van der Waals surface area contributed by atoms with Crippen molar-refractivity contribution >= 4 is 5.91 Å². The highest BCUT2D eigenvalue weighted by Gasteiger charge is 2.53. The molecule has 3 aromatic carbocycles. The Labute approximate surface area is 229 Å². The molecule has 0 aromatic heterocycles. The summed E-state index contributed by atoms with van der Waals surface area (Å²) in [7, 11) is 0. The monoisotopic (exact) mass is 559 g/mol. The maximum Gasteiger partial charge on any atom is 0.407 e. The average Bonchev–Trinajstić information content (AvgIpc) is 2.92. The van der Waals surface area contributed by atoms with E-state index in [1.807, 2.05) is 6.07 Å². The lowest BCUT2D eigenvalue weighted by Gasteiger charge is -2.42. The lowest BCUT2D eigenvalue weighted by Crippen LogP contribution is -2.66. The number of nitrogens with one attached hydrogen (secondary N) is 1. The van der Waals surface area contributed by atoms with Gasteiger partial charge < -0.3 is 10.8 Å². The van der Waals surface area contributed by atoms with Gasteiger partial charge in [-0.2, -0.15) is 18.4 Å². The predicted octanol–water partition coefficient (Wildman–Crippen LogP) is 6.11. The number of aliphatic hydroxyl groups excluding tert-OH is 1. The summed E-state index contributed by atoms with van der Waals surface area (Å²) < 4.78 is 69.0. The van der Waals surface area contributed by atoms with E-state index in [0.29, 0.717) is 16.7 Å². The number of aliphatic hydroxyl groups is 1. The molecule has 40 heavy (non-hydrogen) atoms. The van der Waals surface area contributed by atoms with E-state index in [2.05, 4.69) is 5.32 Å². The molecule has 0 saturated heterocycles. The number of rotatable bonds is 11. The quantitative estimate of drug-likeness (QED) is 0.247. The third kappa shape index (κ3) is 6.66. The molecule has 5 nitrogen and oxygen atoms in total. The highest BCUT2D eigenvalue weighted by atomic mass is 19.4. The number of alkyl halides is 5. The number of carbonyl (C=O) groups excluding carboxylic acids is 1. The van der Waals surface area contributed by atoms with Crippen LogP contribution in [-0.2, 0) is 11.2 Å². The molecule has 0 aliphatic rings. The number of carbonyl (C=O) groups is 1. The number of nitrogens with two attached hydrogens (primary N) is 1. The van der Waals surface area contributed by atoms with E-state index in [-0.39, 0.29) is 17.5 Å². The third-order valence-corrected chi connectivity index (χ3v) is 7.09. The molecule has 3 aromatic rings. The van der Waals surface area contributed by atoms with Crippen LogP contribution < -0.4 is 11.1 Å². The van der Waals surface area contributed by atoms with Crippen molar-refractivity contribution in [1.82, 2.24) is 5.32 Å². The number of halogens is 5. The van der Waals surface area contributed by atoms with Crippen LogP contribution in [0.5, 0.6) is 0 Å². The smallest absolute Gasteiger partial charge is 0.382 e. The lowest BCUT2D eigenvalue weighted by atomic mass is 9.72. The predicted molar refractivity (Wildman–Crippen MR) is 141 cm³/mol. The van der Waals surface area contributed by atoms with Crippen molar-refractivity contribution in [2.75, 3.05) is 0 Å². The van der Waals surface area contributed by atoms with Crippen molar-refractivity contribution in [1.29, 1.82) is 5.26 Å². The van der Waals surface area contributed by atoms with Gasteiger partial charge in [0.05, 0.1) is 12.0 Å². The molecule has 4 atom stereocenters. The van der Waals surface area contributed by atoms with Crippen LogP contribution in [0.25, 0.3) is 11.1 Å². The van der Waals surface area contributed by atoms with Gasteiger partial charge in [0.15, 0.2) is 0 Å². The Morgan fingerprint density at radius 3 is 1.82 bits per heavy atom. The molecule has 0 heterocycles. The number of benzene rings is 3. The fourth-order valence-corrected chi connectivity index (χ4v) is 4.83. The topological polar surface area (TPSA) is 99.1 Å². The second-order valence-corrected chi connectivity index (χ2v) is 9.90. The van der Waals surface area contributed by atoms with Crippen LogP contribution >= 0.6 is 0 Å². The van der Waals surface area contributed by atoms with Crippen LogP contribution in [0.2, 0.25) is 0 Å². The minimum absolute atomic E-state index is 0.00519. The van der Waals surface area contributed by atoms with Gasteiger partial charge >= 0.3 is 6.18 Å². The van der Waals surface area contributed by atoms with Crippen LogP contribution in [0, 0.1) is 23.2 Å².